The highest BCUT2D eigenvalue weighted by Gasteiger charge is 2.15. The average molecular weight is 368 g/mol. The SMILES string of the molecule is COc1c(Cl)cc(NC(=O)CCC2CCNCC2)cc1Cl.Cl. The number of benzene rings is 1. The van der Waals surface area contributed by atoms with E-state index in [-0.39, 0.29) is 18.3 Å². The fourth-order valence-corrected chi connectivity index (χ4v) is 3.20. The highest BCUT2D eigenvalue weighted by atomic mass is 35.5. The number of ether oxygens (including phenoxy) is 1. The van der Waals surface area contributed by atoms with Crippen LogP contribution in [0.4, 0.5) is 5.69 Å². The summed E-state index contributed by atoms with van der Waals surface area (Å²) in [6.45, 7) is 2.10. The molecule has 4 nitrogen and oxygen atoms in total. The standard InChI is InChI=1S/C15H20Cl2N2O2.ClH/c1-21-15-12(16)8-11(9-13(15)17)19-14(20)3-2-10-4-6-18-7-5-10;/h8-10,18H,2-7H2,1H3,(H,19,20);1H. The van der Waals surface area contributed by atoms with E-state index in [1.165, 1.54) is 7.11 Å². The third kappa shape index (κ3) is 5.51. The summed E-state index contributed by atoms with van der Waals surface area (Å²) in [5, 5.41) is 6.93. The van der Waals surface area contributed by atoms with E-state index in [1.54, 1.807) is 12.1 Å². The van der Waals surface area contributed by atoms with Gasteiger partial charge in [0.1, 0.15) is 0 Å². The Morgan fingerprint density at radius 3 is 2.45 bits per heavy atom. The second kappa shape index (κ2) is 9.46. The van der Waals surface area contributed by atoms with Crippen LogP contribution in [-0.4, -0.2) is 26.1 Å². The van der Waals surface area contributed by atoms with E-state index in [4.69, 9.17) is 27.9 Å². The Balaban J connectivity index is 0.00000242. The lowest BCUT2D eigenvalue weighted by Gasteiger charge is -2.22. The van der Waals surface area contributed by atoms with Crippen LogP contribution in [0, 0.1) is 5.92 Å². The summed E-state index contributed by atoms with van der Waals surface area (Å²) < 4.78 is 5.08. The number of methoxy groups -OCH3 is 1. The van der Waals surface area contributed by atoms with Gasteiger partial charge < -0.3 is 15.4 Å². The van der Waals surface area contributed by atoms with Crippen LogP contribution in [0.3, 0.4) is 0 Å². The van der Waals surface area contributed by atoms with E-state index in [1.807, 2.05) is 0 Å². The van der Waals surface area contributed by atoms with Crippen molar-refractivity contribution in [2.75, 3.05) is 25.5 Å². The molecule has 0 spiro atoms. The third-order valence-electron chi connectivity index (χ3n) is 3.72. The van der Waals surface area contributed by atoms with E-state index in [2.05, 4.69) is 10.6 Å². The molecule has 0 saturated carbocycles. The molecule has 7 heteroatoms. The van der Waals surface area contributed by atoms with Crippen LogP contribution in [0.15, 0.2) is 12.1 Å². The van der Waals surface area contributed by atoms with Gasteiger partial charge in [-0.1, -0.05) is 23.2 Å². The van der Waals surface area contributed by atoms with Crippen molar-refractivity contribution in [3.8, 4) is 5.75 Å². The first-order chi connectivity index (χ1) is 10.1. The molecule has 1 heterocycles. The molecule has 0 atom stereocenters. The molecular formula is C15H21Cl3N2O2. The number of amides is 1. The van der Waals surface area contributed by atoms with E-state index < -0.39 is 0 Å². The predicted octanol–water partition coefficient (Wildman–Crippen LogP) is 4.14. The number of carbonyl (C=O) groups is 1. The zero-order chi connectivity index (χ0) is 15.2. The molecule has 2 rings (SSSR count). The van der Waals surface area contributed by atoms with Gasteiger partial charge in [-0.15, -0.1) is 12.4 Å². The van der Waals surface area contributed by atoms with Gasteiger partial charge in [0.05, 0.1) is 17.2 Å². The largest absolute Gasteiger partial charge is 0.494 e. The van der Waals surface area contributed by atoms with Crippen molar-refractivity contribution in [3.05, 3.63) is 22.2 Å². The second-order valence-electron chi connectivity index (χ2n) is 5.25. The summed E-state index contributed by atoms with van der Waals surface area (Å²) in [6.07, 6.45) is 3.73. The van der Waals surface area contributed by atoms with Gasteiger partial charge in [-0.2, -0.15) is 0 Å². The molecule has 1 aromatic rings. The summed E-state index contributed by atoms with van der Waals surface area (Å²) in [6, 6.07) is 3.30. The molecule has 124 valence electrons. The molecule has 0 bridgehead atoms. The number of rotatable bonds is 5. The minimum Gasteiger partial charge on any atom is -0.494 e. The molecule has 1 fully saturated rings. The van der Waals surface area contributed by atoms with Gasteiger partial charge in [0.2, 0.25) is 5.91 Å². The van der Waals surface area contributed by atoms with Crippen molar-refractivity contribution in [1.82, 2.24) is 5.32 Å². The third-order valence-corrected chi connectivity index (χ3v) is 4.29. The Morgan fingerprint density at radius 1 is 1.32 bits per heavy atom. The Bertz CT molecular complexity index is 483. The summed E-state index contributed by atoms with van der Waals surface area (Å²) in [4.78, 5) is 12.0. The van der Waals surface area contributed by atoms with Crippen molar-refractivity contribution in [1.29, 1.82) is 0 Å². The Labute approximate surface area is 147 Å². The molecule has 0 aliphatic carbocycles. The highest BCUT2D eigenvalue weighted by molar-refractivity contribution is 6.37. The number of anilines is 1. The number of hydrogen-bond donors (Lipinski definition) is 2. The Hall–Kier alpha value is -0.680. The van der Waals surface area contributed by atoms with Gasteiger partial charge in [-0.3, -0.25) is 4.79 Å². The van der Waals surface area contributed by atoms with E-state index >= 15 is 0 Å². The van der Waals surface area contributed by atoms with Gasteiger partial charge in [0.25, 0.3) is 0 Å². The Kier molecular flexibility index (Phi) is 8.33. The van der Waals surface area contributed by atoms with Crippen molar-refractivity contribution in [3.63, 3.8) is 0 Å². The number of carbonyl (C=O) groups excluding carboxylic acids is 1. The lowest BCUT2D eigenvalue weighted by molar-refractivity contribution is -0.116. The average Bonchev–Trinajstić information content (AvgIpc) is 2.46. The molecule has 1 amide bonds. The normalized spacial score (nSPS) is 15.0. The highest BCUT2D eigenvalue weighted by Crippen LogP contribution is 2.35. The first-order valence-electron chi connectivity index (χ1n) is 7.13. The van der Waals surface area contributed by atoms with Gasteiger partial charge in [0.15, 0.2) is 5.75 Å². The van der Waals surface area contributed by atoms with Crippen LogP contribution < -0.4 is 15.4 Å². The van der Waals surface area contributed by atoms with Crippen LogP contribution in [0.25, 0.3) is 0 Å². The maximum atomic E-state index is 12.0. The Morgan fingerprint density at radius 2 is 1.91 bits per heavy atom. The summed E-state index contributed by atoms with van der Waals surface area (Å²) in [5.74, 6) is 1.05. The summed E-state index contributed by atoms with van der Waals surface area (Å²) in [7, 11) is 1.50. The molecule has 22 heavy (non-hydrogen) atoms. The van der Waals surface area contributed by atoms with Gasteiger partial charge in [0, 0.05) is 12.1 Å². The van der Waals surface area contributed by atoms with Crippen LogP contribution in [0.1, 0.15) is 25.7 Å². The molecule has 2 N–H and O–H groups in total. The molecule has 1 aliphatic heterocycles. The van der Waals surface area contributed by atoms with Crippen LogP contribution in [0.5, 0.6) is 5.75 Å². The van der Waals surface area contributed by atoms with Gasteiger partial charge in [-0.05, 0) is 50.4 Å². The van der Waals surface area contributed by atoms with Crippen LogP contribution >= 0.6 is 35.6 Å². The fraction of sp³-hybridized carbons (Fsp3) is 0.533. The van der Waals surface area contributed by atoms with Crippen molar-refractivity contribution in [2.24, 2.45) is 5.92 Å². The van der Waals surface area contributed by atoms with Crippen LogP contribution in [0.2, 0.25) is 10.0 Å². The summed E-state index contributed by atoms with van der Waals surface area (Å²) in [5.41, 5.74) is 0.598. The fourth-order valence-electron chi connectivity index (χ4n) is 2.56. The van der Waals surface area contributed by atoms with Crippen molar-refractivity contribution in [2.45, 2.75) is 25.7 Å². The van der Waals surface area contributed by atoms with E-state index in [0.29, 0.717) is 33.8 Å². The lowest BCUT2D eigenvalue weighted by Crippen LogP contribution is -2.28. The van der Waals surface area contributed by atoms with Gasteiger partial charge in [-0.25, -0.2) is 0 Å². The predicted molar refractivity (Wildman–Crippen MR) is 93.7 cm³/mol. The number of piperidine rings is 1. The molecule has 1 saturated heterocycles. The summed E-state index contributed by atoms with van der Waals surface area (Å²) >= 11 is 12.1. The van der Waals surface area contributed by atoms with E-state index in [0.717, 1.165) is 32.4 Å². The quantitative estimate of drug-likeness (QED) is 0.822. The number of nitrogens with one attached hydrogen (secondary N) is 2. The topological polar surface area (TPSA) is 50.4 Å². The minimum absolute atomic E-state index is 0. The second-order valence-corrected chi connectivity index (χ2v) is 6.07. The monoisotopic (exact) mass is 366 g/mol. The zero-order valence-corrected chi connectivity index (χ0v) is 14.8. The minimum atomic E-state index is -0.00849. The zero-order valence-electron chi connectivity index (χ0n) is 12.5. The first kappa shape index (κ1) is 19.4. The number of hydrogen-bond acceptors (Lipinski definition) is 3. The van der Waals surface area contributed by atoms with Crippen LogP contribution in [-0.2, 0) is 4.79 Å². The molecule has 1 aromatic carbocycles. The smallest absolute Gasteiger partial charge is 0.224 e. The first-order valence-corrected chi connectivity index (χ1v) is 7.89. The molecular weight excluding hydrogens is 347 g/mol. The molecule has 0 unspecified atom stereocenters. The lowest BCUT2D eigenvalue weighted by atomic mass is 9.93. The van der Waals surface area contributed by atoms with Crippen molar-refractivity contribution < 1.29 is 9.53 Å². The number of halogens is 3. The maximum absolute atomic E-state index is 12.0. The van der Waals surface area contributed by atoms with E-state index in [9.17, 15) is 4.79 Å². The molecule has 0 aromatic heterocycles. The maximum Gasteiger partial charge on any atom is 0.224 e. The van der Waals surface area contributed by atoms with Crippen molar-refractivity contribution >= 4 is 47.2 Å². The molecule has 1 aliphatic rings. The van der Waals surface area contributed by atoms with Gasteiger partial charge >= 0.3 is 0 Å². The molecule has 0 radical (unpaired) electrons.